The van der Waals surface area contributed by atoms with Gasteiger partial charge in [0.15, 0.2) is 11.5 Å². The van der Waals surface area contributed by atoms with Crippen molar-refractivity contribution in [3.63, 3.8) is 0 Å². The second kappa shape index (κ2) is 4.46. The Morgan fingerprint density at radius 1 is 0.857 bits per heavy atom. The van der Waals surface area contributed by atoms with Crippen LogP contribution in [-0.4, -0.2) is 15.2 Å². The van der Waals surface area contributed by atoms with Gasteiger partial charge in [0.25, 0.3) is 0 Å². The molecule has 4 aromatic rings. The lowest BCUT2D eigenvalue weighted by Gasteiger charge is -1.99. The molecule has 0 radical (unpaired) electrons. The van der Waals surface area contributed by atoms with Gasteiger partial charge in [-0.2, -0.15) is 0 Å². The Hall–Kier alpha value is -2.59. The molecular weight excluding hydrogens is 282 g/mol. The number of phenolic OH excluding ortho intramolecular Hbond substituents is 2. The molecule has 102 valence electrons. The van der Waals surface area contributed by atoms with Crippen molar-refractivity contribution in [1.82, 2.24) is 4.98 Å². The molecular formula is C17H11NO2S. The van der Waals surface area contributed by atoms with E-state index in [0.29, 0.717) is 0 Å². The van der Waals surface area contributed by atoms with E-state index in [1.807, 2.05) is 12.1 Å². The molecule has 0 amide bonds. The van der Waals surface area contributed by atoms with E-state index in [2.05, 4.69) is 24.3 Å². The number of hydrogen-bond donors (Lipinski definition) is 2. The molecule has 3 aromatic carbocycles. The standard InChI is InChI=1S/C17H11NO2S/c19-13-7-5-11(9-14(13)20)17-18-16-12-4-2-1-3-10(12)6-8-15(16)21-17/h1-9,19-20H. The van der Waals surface area contributed by atoms with Gasteiger partial charge >= 0.3 is 0 Å². The summed E-state index contributed by atoms with van der Waals surface area (Å²) in [6.07, 6.45) is 0. The summed E-state index contributed by atoms with van der Waals surface area (Å²) in [4.78, 5) is 4.71. The third kappa shape index (κ3) is 1.92. The van der Waals surface area contributed by atoms with Crippen LogP contribution in [0.1, 0.15) is 0 Å². The first kappa shape index (κ1) is 12.2. The van der Waals surface area contributed by atoms with Crippen molar-refractivity contribution in [1.29, 1.82) is 0 Å². The minimum Gasteiger partial charge on any atom is -0.504 e. The minimum atomic E-state index is -0.128. The van der Waals surface area contributed by atoms with E-state index in [1.165, 1.54) is 12.1 Å². The van der Waals surface area contributed by atoms with Gasteiger partial charge in [-0.3, -0.25) is 0 Å². The zero-order chi connectivity index (χ0) is 14.4. The van der Waals surface area contributed by atoms with Gasteiger partial charge in [0.05, 0.1) is 10.2 Å². The van der Waals surface area contributed by atoms with Gasteiger partial charge in [0.2, 0.25) is 0 Å². The van der Waals surface area contributed by atoms with Gasteiger partial charge in [-0.25, -0.2) is 4.98 Å². The second-order valence-corrected chi connectivity index (χ2v) is 5.89. The highest BCUT2D eigenvalue weighted by Gasteiger charge is 2.10. The summed E-state index contributed by atoms with van der Waals surface area (Å²) in [5.41, 5.74) is 1.77. The molecule has 2 N–H and O–H groups in total. The lowest BCUT2D eigenvalue weighted by Crippen LogP contribution is -1.78. The molecule has 0 saturated carbocycles. The van der Waals surface area contributed by atoms with Crippen LogP contribution in [-0.2, 0) is 0 Å². The van der Waals surface area contributed by atoms with Crippen LogP contribution in [0.25, 0.3) is 31.6 Å². The molecule has 0 fully saturated rings. The fourth-order valence-corrected chi connectivity index (χ4v) is 3.42. The predicted octanol–water partition coefficient (Wildman–Crippen LogP) is 4.53. The van der Waals surface area contributed by atoms with Gasteiger partial charge < -0.3 is 10.2 Å². The number of benzene rings is 3. The van der Waals surface area contributed by atoms with Crippen LogP contribution in [0.2, 0.25) is 0 Å². The molecule has 0 atom stereocenters. The number of hydrogen-bond acceptors (Lipinski definition) is 4. The molecule has 21 heavy (non-hydrogen) atoms. The number of aromatic hydroxyl groups is 2. The normalized spacial score (nSPS) is 11.2. The number of phenols is 2. The Labute approximate surface area is 124 Å². The van der Waals surface area contributed by atoms with Crippen LogP contribution in [0.3, 0.4) is 0 Å². The monoisotopic (exact) mass is 293 g/mol. The van der Waals surface area contributed by atoms with Crippen molar-refractivity contribution >= 4 is 32.3 Å². The number of aromatic nitrogens is 1. The van der Waals surface area contributed by atoms with Crippen LogP contribution in [0.15, 0.2) is 54.6 Å². The lowest BCUT2D eigenvalue weighted by atomic mass is 10.1. The highest BCUT2D eigenvalue weighted by Crippen LogP contribution is 2.36. The minimum absolute atomic E-state index is 0.120. The van der Waals surface area contributed by atoms with Crippen LogP contribution in [0.5, 0.6) is 11.5 Å². The highest BCUT2D eigenvalue weighted by atomic mass is 32.1. The predicted molar refractivity (Wildman–Crippen MR) is 85.9 cm³/mol. The molecule has 0 bridgehead atoms. The highest BCUT2D eigenvalue weighted by molar-refractivity contribution is 7.21. The Kier molecular flexibility index (Phi) is 2.59. The van der Waals surface area contributed by atoms with Crippen LogP contribution in [0, 0.1) is 0 Å². The maximum atomic E-state index is 9.63. The van der Waals surface area contributed by atoms with E-state index in [0.717, 1.165) is 31.6 Å². The fourth-order valence-electron chi connectivity index (χ4n) is 2.44. The molecule has 0 aliphatic carbocycles. The van der Waals surface area contributed by atoms with Crippen molar-refractivity contribution in [2.45, 2.75) is 0 Å². The van der Waals surface area contributed by atoms with Crippen molar-refractivity contribution in [2.75, 3.05) is 0 Å². The van der Waals surface area contributed by atoms with Gasteiger partial charge in [-0.1, -0.05) is 30.3 Å². The summed E-state index contributed by atoms with van der Waals surface area (Å²) in [6.45, 7) is 0. The van der Waals surface area contributed by atoms with E-state index < -0.39 is 0 Å². The van der Waals surface area contributed by atoms with Gasteiger partial charge in [-0.15, -0.1) is 11.3 Å². The molecule has 4 heteroatoms. The number of nitrogens with zero attached hydrogens (tertiary/aromatic N) is 1. The van der Waals surface area contributed by atoms with Crippen molar-refractivity contribution in [3.05, 3.63) is 54.6 Å². The van der Waals surface area contributed by atoms with Gasteiger partial charge in [0, 0.05) is 10.9 Å². The summed E-state index contributed by atoms with van der Waals surface area (Å²) < 4.78 is 1.11. The van der Waals surface area contributed by atoms with E-state index in [-0.39, 0.29) is 11.5 Å². The largest absolute Gasteiger partial charge is 0.504 e. The maximum Gasteiger partial charge on any atom is 0.158 e. The molecule has 1 heterocycles. The number of rotatable bonds is 1. The molecule has 0 unspecified atom stereocenters. The SMILES string of the molecule is Oc1ccc(-c2nc3c(ccc4ccccc43)s2)cc1O. The zero-order valence-corrected chi connectivity index (χ0v) is 11.8. The average molecular weight is 293 g/mol. The molecule has 1 aromatic heterocycles. The third-order valence-corrected chi connectivity index (χ3v) is 4.58. The van der Waals surface area contributed by atoms with E-state index in [4.69, 9.17) is 4.98 Å². The number of thiazole rings is 1. The zero-order valence-electron chi connectivity index (χ0n) is 10.9. The second-order valence-electron chi connectivity index (χ2n) is 4.86. The Balaban J connectivity index is 1.98. The van der Waals surface area contributed by atoms with Gasteiger partial charge in [-0.05, 0) is 29.7 Å². The average Bonchev–Trinajstić information content (AvgIpc) is 2.94. The van der Waals surface area contributed by atoms with E-state index in [1.54, 1.807) is 17.4 Å². The molecule has 0 aliphatic rings. The van der Waals surface area contributed by atoms with Crippen LogP contribution in [0.4, 0.5) is 0 Å². The van der Waals surface area contributed by atoms with Crippen molar-refractivity contribution in [3.8, 4) is 22.1 Å². The summed E-state index contributed by atoms with van der Waals surface area (Å²) in [5, 5.41) is 22.2. The van der Waals surface area contributed by atoms with Crippen LogP contribution >= 0.6 is 11.3 Å². The Morgan fingerprint density at radius 3 is 2.57 bits per heavy atom. The van der Waals surface area contributed by atoms with Crippen molar-refractivity contribution < 1.29 is 10.2 Å². The molecule has 4 rings (SSSR count). The number of fused-ring (bicyclic) bond motifs is 3. The fraction of sp³-hybridized carbons (Fsp3) is 0. The first-order valence-corrected chi connectivity index (χ1v) is 7.35. The first-order chi connectivity index (χ1) is 10.2. The smallest absolute Gasteiger partial charge is 0.158 e. The Bertz CT molecular complexity index is 975. The topological polar surface area (TPSA) is 53.4 Å². The summed E-state index contributed by atoms with van der Waals surface area (Å²) in [6, 6.07) is 17.1. The van der Waals surface area contributed by atoms with Crippen LogP contribution < -0.4 is 0 Å². The van der Waals surface area contributed by atoms with E-state index >= 15 is 0 Å². The summed E-state index contributed by atoms with van der Waals surface area (Å²) in [5.74, 6) is -0.248. The summed E-state index contributed by atoms with van der Waals surface area (Å²) >= 11 is 1.58. The molecule has 0 aliphatic heterocycles. The Morgan fingerprint density at radius 2 is 1.71 bits per heavy atom. The van der Waals surface area contributed by atoms with Gasteiger partial charge in [0.1, 0.15) is 5.01 Å². The molecule has 0 spiro atoms. The third-order valence-electron chi connectivity index (χ3n) is 3.51. The lowest BCUT2D eigenvalue weighted by molar-refractivity contribution is 0.404. The first-order valence-electron chi connectivity index (χ1n) is 6.53. The quantitative estimate of drug-likeness (QED) is 0.507. The molecule has 3 nitrogen and oxygen atoms in total. The van der Waals surface area contributed by atoms with E-state index in [9.17, 15) is 10.2 Å². The summed E-state index contributed by atoms with van der Waals surface area (Å²) in [7, 11) is 0. The molecule has 0 saturated heterocycles. The maximum absolute atomic E-state index is 9.63. The van der Waals surface area contributed by atoms with Crippen molar-refractivity contribution in [2.24, 2.45) is 0 Å².